The monoisotopic (exact) mass is 296 g/mol. The van der Waals surface area contributed by atoms with Crippen molar-refractivity contribution in [3.8, 4) is 0 Å². The van der Waals surface area contributed by atoms with Crippen molar-refractivity contribution in [1.29, 1.82) is 0 Å². The Bertz CT molecular complexity index is 726. The van der Waals surface area contributed by atoms with E-state index in [0.717, 1.165) is 0 Å². The number of hydrogen-bond donors (Lipinski definition) is 1. The van der Waals surface area contributed by atoms with Crippen LogP contribution in [0.1, 0.15) is 26.7 Å². The van der Waals surface area contributed by atoms with Gasteiger partial charge < -0.3 is 10.2 Å². The Labute approximate surface area is 119 Å². The van der Waals surface area contributed by atoms with Crippen molar-refractivity contribution in [2.75, 3.05) is 6.26 Å². The average molecular weight is 296 g/mol. The maximum atomic E-state index is 11.5. The van der Waals surface area contributed by atoms with E-state index in [9.17, 15) is 8.42 Å². The van der Waals surface area contributed by atoms with E-state index in [4.69, 9.17) is 10.2 Å². The lowest BCUT2D eigenvalue weighted by atomic mass is 9.85. The summed E-state index contributed by atoms with van der Waals surface area (Å²) in [5.74, 6) is 0.535. The summed E-state index contributed by atoms with van der Waals surface area (Å²) in [6.45, 7) is 6.17. The molecule has 0 radical (unpaired) electrons. The van der Waals surface area contributed by atoms with Gasteiger partial charge in [0.05, 0.1) is 4.90 Å². The van der Waals surface area contributed by atoms with Crippen molar-refractivity contribution < 1.29 is 12.8 Å². The molecule has 0 aliphatic heterocycles. The molecule has 1 aromatic carbocycles. The molecule has 2 rings (SSSR count). The number of aromatic nitrogens is 1. The lowest BCUT2D eigenvalue weighted by Crippen LogP contribution is -2.36. The van der Waals surface area contributed by atoms with Gasteiger partial charge in [0.1, 0.15) is 5.52 Å². The standard InChI is InChI=1S/C14H20N2O3S/c1-14(2,3)12(15)8-13-16-10-7-9(20(4,17)18)5-6-11(10)19-13/h5-7,12H,8,15H2,1-4H3. The Balaban J connectivity index is 2.35. The van der Waals surface area contributed by atoms with Crippen molar-refractivity contribution in [2.45, 2.75) is 38.1 Å². The molecule has 2 aromatic rings. The van der Waals surface area contributed by atoms with Gasteiger partial charge in [-0.05, 0) is 23.6 Å². The van der Waals surface area contributed by atoms with Crippen LogP contribution in [0.2, 0.25) is 0 Å². The topological polar surface area (TPSA) is 86.2 Å². The number of nitrogens with two attached hydrogens (primary N) is 1. The van der Waals surface area contributed by atoms with Crippen LogP contribution in [0.3, 0.4) is 0 Å². The van der Waals surface area contributed by atoms with Crippen molar-refractivity contribution in [3.05, 3.63) is 24.1 Å². The minimum atomic E-state index is -3.24. The Morgan fingerprint density at radius 2 is 2.00 bits per heavy atom. The SMILES string of the molecule is CC(C)(C)C(N)Cc1nc2cc(S(C)(=O)=O)ccc2o1. The van der Waals surface area contributed by atoms with Gasteiger partial charge in [0, 0.05) is 18.7 Å². The molecule has 110 valence electrons. The predicted molar refractivity (Wildman–Crippen MR) is 78.3 cm³/mol. The molecule has 20 heavy (non-hydrogen) atoms. The molecule has 0 bridgehead atoms. The van der Waals surface area contributed by atoms with Crippen molar-refractivity contribution >= 4 is 20.9 Å². The van der Waals surface area contributed by atoms with Crippen LogP contribution < -0.4 is 5.73 Å². The molecule has 0 saturated heterocycles. The van der Waals surface area contributed by atoms with Gasteiger partial charge in [-0.3, -0.25) is 0 Å². The fourth-order valence-electron chi connectivity index (χ4n) is 1.77. The van der Waals surface area contributed by atoms with Gasteiger partial charge >= 0.3 is 0 Å². The quantitative estimate of drug-likeness (QED) is 0.937. The molecule has 1 atom stereocenters. The fourth-order valence-corrected chi connectivity index (χ4v) is 2.41. The molecular weight excluding hydrogens is 276 g/mol. The number of fused-ring (bicyclic) bond motifs is 1. The second-order valence-electron chi connectivity index (χ2n) is 6.19. The Hall–Kier alpha value is -1.40. The van der Waals surface area contributed by atoms with Crippen LogP contribution in [0, 0.1) is 5.41 Å². The summed E-state index contributed by atoms with van der Waals surface area (Å²) in [4.78, 5) is 4.57. The molecule has 0 amide bonds. The zero-order valence-electron chi connectivity index (χ0n) is 12.2. The number of hydrogen-bond acceptors (Lipinski definition) is 5. The first-order valence-corrected chi connectivity index (χ1v) is 8.31. The van der Waals surface area contributed by atoms with Gasteiger partial charge in [-0.2, -0.15) is 0 Å². The van der Waals surface area contributed by atoms with Crippen LogP contribution in [0.4, 0.5) is 0 Å². The smallest absolute Gasteiger partial charge is 0.197 e. The summed E-state index contributed by atoms with van der Waals surface area (Å²) < 4.78 is 28.6. The maximum Gasteiger partial charge on any atom is 0.197 e. The second-order valence-corrected chi connectivity index (χ2v) is 8.20. The van der Waals surface area contributed by atoms with Gasteiger partial charge in [0.15, 0.2) is 21.3 Å². The highest BCUT2D eigenvalue weighted by molar-refractivity contribution is 7.90. The molecule has 1 unspecified atom stereocenters. The van der Waals surface area contributed by atoms with E-state index in [1.54, 1.807) is 6.07 Å². The summed E-state index contributed by atoms with van der Waals surface area (Å²) >= 11 is 0. The fraction of sp³-hybridized carbons (Fsp3) is 0.500. The molecule has 6 heteroatoms. The van der Waals surface area contributed by atoms with Crippen molar-refractivity contribution in [3.63, 3.8) is 0 Å². The molecule has 0 spiro atoms. The third-order valence-corrected chi connectivity index (χ3v) is 4.45. The number of sulfone groups is 1. The predicted octanol–water partition coefficient (Wildman–Crippen LogP) is 2.15. The number of benzene rings is 1. The largest absolute Gasteiger partial charge is 0.441 e. The van der Waals surface area contributed by atoms with Gasteiger partial charge in [-0.25, -0.2) is 13.4 Å². The average Bonchev–Trinajstić information content (AvgIpc) is 2.67. The lowest BCUT2D eigenvalue weighted by molar-refractivity contribution is 0.303. The van der Waals surface area contributed by atoms with Crippen LogP contribution >= 0.6 is 0 Å². The van der Waals surface area contributed by atoms with Crippen LogP contribution in [0.5, 0.6) is 0 Å². The van der Waals surface area contributed by atoms with E-state index in [2.05, 4.69) is 25.8 Å². The third kappa shape index (κ3) is 3.19. The van der Waals surface area contributed by atoms with Crippen LogP contribution in [0.15, 0.2) is 27.5 Å². The molecular formula is C14H20N2O3S. The van der Waals surface area contributed by atoms with E-state index in [-0.39, 0.29) is 16.4 Å². The van der Waals surface area contributed by atoms with Gasteiger partial charge in [0.25, 0.3) is 0 Å². The molecule has 0 fully saturated rings. The lowest BCUT2D eigenvalue weighted by Gasteiger charge is -2.25. The van der Waals surface area contributed by atoms with Crippen molar-refractivity contribution in [1.82, 2.24) is 4.98 Å². The maximum absolute atomic E-state index is 11.5. The number of rotatable bonds is 3. The molecule has 0 saturated carbocycles. The Morgan fingerprint density at radius 1 is 1.35 bits per heavy atom. The van der Waals surface area contributed by atoms with E-state index < -0.39 is 9.84 Å². The van der Waals surface area contributed by atoms with Crippen molar-refractivity contribution in [2.24, 2.45) is 11.1 Å². The first-order chi connectivity index (χ1) is 9.07. The van der Waals surface area contributed by atoms with E-state index in [1.165, 1.54) is 18.4 Å². The molecule has 5 nitrogen and oxygen atoms in total. The zero-order chi connectivity index (χ0) is 15.1. The molecule has 2 N–H and O–H groups in total. The number of oxazole rings is 1. The third-order valence-electron chi connectivity index (χ3n) is 3.34. The highest BCUT2D eigenvalue weighted by atomic mass is 32.2. The van der Waals surface area contributed by atoms with E-state index >= 15 is 0 Å². The van der Waals surface area contributed by atoms with Crippen LogP contribution in [0.25, 0.3) is 11.1 Å². The summed E-state index contributed by atoms with van der Waals surface area (Å²) in [7, 11) is -3.24. The normalized spacial score (nSPS) is 14.7. The number of nitrogens with zero attached hydrogens (tertiary/aromatic N) is 1. The molecule has 1 heterocycles. The molecule has 0 aliphatic carbocycles. The highest BCUT2D eigenvalue weighted by Crippen LogP contribution is 2.24. The minimum Gasteiger partial charge on any atom is -0.441 e. The first kappa shape index (κ1) is 15.0. The van der Waals surface area contributed by atoms with E-state index in [0.29, 0.717) is 23.4 Å². The van der Waals surface area contributed by atoms with Gasteiger partial charge in [-0.15, -0.1) is 0 Å². The first-order valence-electron chi connectivity index (χ1n) is 6.42. The summed E-state index contributed by atoms with van der Waals surface area (Å²) in [5, 5.41) is 0. The molecule has 0 aliphatic rings. The highest BCUT2D eigenvalue weighted by Gasteiger charge is 2.23. The van der Waals surface area contributed by atoms with Crippen LogP contribution in [-0.2, 0) is 16.3 Å². The summed E-state index contributed by atoms with van der Waals surface area (Å²) in [6, 6.07) is 4.60. The molecule has 1 aromatic heterocycles. The Kier molecular flexibility index (Phi) is 3.64. The summed E-state index contributed by atoms with van der Waals surface area (Å²) in [6.07, 6.45) is 1.69. The minimum absolute atomic E-state index is 0.0431. The van der Waals surface area contributed by atoms with Gasteiger partial charge in [0.2, 0.25) is 0 Å². The van der Waals surface area contributed by atoms with Gasteiger partial charge in [-0.1, -0.05) is 20.8 Å². The zero-order valence-corrected chi connectivity index (χ0v) is 13.0. The Morgan fingerprint density at radius 3 is 2.55 bits per heavy atom. The van der Waals surface area contributed by atoms with E-state index in [1.807, 2.05) is 0 Å². The van der Waals surface area contributed by atoms with Crippen LogP contribution in [-0.4, -0.2) is 25.7 Å². The second kappa shape index (κ2) is 4.86. The summed E-state index contributed by atoms with van der Waals surface area (Å²) in [5.41, 5.74) is 7.19.